The number of carbonyl (C=O) groups is 1. The fourth-order valence-corrected chi connectivity index (χ4v) is 2.07. The average Bonchev–Trinajstić information content (AvgIpc) is 2.15. The summed E-state index contributed by atoms with van der Waals surface area (Å²) in [6, 6.07) is 0.316. The summed E-state index contributed by atoms with van der Waals surface area (Å²) in [6.07, 6.45) is 5.74. The van der Waals surface area contributed by atoms with Crippen LogP contribution in [0.15, 0.2) is 12.7 Å². The molecule has 0 saturated carbocycles. The molecule has 2 atom stereocenters. The lowest BCUT2D eigenvalue weighted by Gasteiger charge is -2.30. The van der Waals surface area contributed by atoms with Gasteiger partial charge in [-0.05, 0) is 25.2 Å². The van der Waals surface area contributed by atoms with Crippen LogP contribution >= 0.6 is 15.9 Å². The van der Waals surface area contributed by atoms with Crippen molar-refractivity contribution in [3.05, 3.63) is 12.7 Å². The first-order valence-electron chi connectivity index (χ1n) is 4.76. The van der Waals surface area contributed by atoms with Gasteiger partial charge in [0.2, 0.25) is 5.91 Å². The highest BCUT2D eigenvalue weighted by Crippen LogP contribution is 2.21. The highest BCUT2D eigenvalue weighted by molar-refractivity contribution is 9.09. The Bertz CT molecular complexity index is 193. The number of nitrogens with one attached hydrogen (secondary N) is 1. The minimum absolute atomic E-state index is 0.192. The number of hydrogen-bond donors (Lipinski definition) is 1. The third-order valence-corrected chi connectivity index (χ3v) is 3.08. The van der Waals surface area contributed by atoms with Gasteiger partial charge < -0.3 is 5.32 Å². The van der Waals surface area contributed by atoms with Gasteiger partial charge >= 0.3 is 0 Å². The minimum atomic E-state index is 0.192. The summed E-state index contributed by atoms with van der Waals surface area (Å²) < 4.78 is 0. The van der Waals surface area contributed by atoms with Crippen LogP contribution in [-0.4, -0.2) is 17.3 Å². The monoisotopic (exact) mass is 245 g/mol. The first-order chi connectivity index (χ1) is 6.27. The Hall–Kier alpha value is -0.310. The van der Waals surface area contributed by atoms with Crippen molar-refractivity contribution in [2.45, 2.75) is 31.7 Å². The number of rotatable bonds is 4. The van der Waals surface area contributed by atoms with Gasteiger partial charge in [0.05, 0.1) is 0 Å². The molecule has 3 heteroatoms. The van der Waals surface area contributed by atoms with Crippen LogP contribution in [0.5, 0.6) is 0 Å². The van der Waals surface area contributed by atoms with E-state index in [9.17, 15) is 4.79 Å². The summed E-state index contributed by atoms with van der Waals surface area (Å²) in [6.45, 7) is 3.80. The van der Waals surface area contributed by atoms with Crippen molar-refractivity contribution in [3.8, 4) is 0 Å². The lowest BCUT2D eigenvalue weighted by molar-refractivity contribution is -0.124. The van der Waals surface area contributed by atoms with E-state index >= 15 is 0 Å². The molecular formula is C10H16BrNO. The molecule has 0 unspecified atom stereocenters. The van der Waals surface area contributed by atoms with Gasteiger partial charge in [0, 0.05) is 17.8 Å². The highest BCUT2D eigenvalue weighted by Gasteiger charge is 2.25. The van der Waals surface area contributed by atoms with Gasteiger partial charge in [-0.15, -0.1) is 6.58 Å². The molecule has 1 N–H and O–H groups in total. The molecule has 0 aliphatic carbocycles. The van der Waals surface area contributed by atoms with E-state index in [4.69, 9.17) is 0 Å². The largest absolute Gasteiger partial charge is 0.353 e. The second-order valence-electron chi connectivity index (χ2n) is 3.44. The molecule has 1 rings (SSSR count). The van der Waals surface area contributed by atoms with Gasteiger partial charge in [0.25, 0.3) is 0 Å². The average molecular weight is 246 g/mol. The van der Waals surface area contributed by atoms with E-state index in [1.54, 1.807) is 0 Å². The van der Waals surface area contributed by atoms with Crippen LogP contribution in [-0.2, 0) is 4.79 Å². The standard InChI is InChI=1S/C10H16BrNO/c1-2-8-5-6-10(13)12-9(8)4-3-7-11/h2,8-9H,1,3-7H2,(H,12,13)/t8-,9-/m1/s1. The van der Waals surface area contributed by atoms with Gasteiger partial charge in [-0.25, -0.2) is 0 Å². The maximum absolute atomic E-state index is 11.1. The van der Waals surface area contributed by atoms with Crippen molar-refractivity contribution < 1.29 is 4.79 Å². The van der Waals surface area contributed by atoms with Crippen molar-refractivity contribution in [2.75, 3.05) is 5.33 Å². The molecular weight excluding hydrogens is 230 g/mol. The number of amides is 1. The Balaban J connectivity index is 2.44. The quantitative estimate of drug-likeness (QED) is 0.598. The van der Waals surface area contributed by atoms with Gasteiger partial charge in [-0.3, -0.25) is 4.79 Å². The van der Waals surface area contributed by atoms with Crippen LogP contribution in [0.4, 0.5) is 0 Å². The molecule has 13 heavy (non-hydrogen) atoms. The van der Waals surface area contributed by atoms with Crippen LogP contribution in [0.3, 0.4) is 0 Å². The Kier molecular flexibility index (Phi) is 4.50. The highest BCUT2D eigenvalue weighted by atomic mass is 79.9. The maximum Gasteiger partial charge on any atom is 0.220 e. The summed E-state index contributed by atoms with van der Waals surface area (Å²) in [4.78, 5) is 11.1. The number of halogens is 1. The summed E-state index contributed by atoms with van der Waals surface area (Å²) in [7, 11) is 0. The predicted molar refractivity (Wildman–Crippen MR) is 57.9 cm³/mol. The predicted octanol–water partition coefficient (Wildman–Crippen LogP) is 2.24. The number of hydrogen-bond acceptors (Lipinski definition) is 1. The van der Waals surface area contributed by atoms with E-state index in [1.165, 1.54) is 0 Å². The molecule has 0 radical (unpaired) electrons. The number of carbonyl (C=O) groups excluding carboxylic acids is 1. The van der Waals surface area contributed by atoms with Crippen molar-refractivity contribution in [2.24, 2.45) is 5.92 Å². The molecule has 1 fully saturated rings. The lowest BCUT2D eigenvalue weighted by atomic mass is 9.88. The van der Waals surface area contributed by atoms with Crippen molar-refractivity contribution in [3.63, 3.8) is 0 Å². The molecule has 1 heterocycles. The zero-order chi connectivity index (χ0) is 9.68. The molecule has 74 valence electrons. The third-order valence-electron chi connectivity index (χ3n) is 2.52. The Morgan fingerprint density at radius 1 is 1.69 bits per heavy atom. The fraction of sp³-hybridized carbons (Fsp3) is 0.700. The van der Waals surface area contributed by atoms with Crippen LogP contribution in [0.25, 0.3) is 0 Å². The molecule has 0 aromatic rings. The molecule has 1 aliphatic heterocycles. The normalized spacial score (nSPS) is 28.2. The molecule has 1 aliphatic rings. The molecule has 0 aromatic carbocycles. The van der Waals surface area contributed by atoms with E-state index in [2.05, 4.69) is 27.8 Å². The van der Waals surface area contributed by atoms with Crippen LogP contribution in [0.1, 0.15) is 25.7 Å². The summed E-state index contributed by atoms with van der Waals surface area (Å²) in [5.74, 6) is 0.662. The third kappa shape index (κ3) is 3.14. The van der Waals surface area contributed by atoms with E-state index in [1.807, 2.05) is 6.08 Å². The molecule has 1 saturated heterocycles. The van der Waals surface area contributed by atoms with Gasteiger partial charge in [0.15, 0.2) is 0 Å². The smallest absolute Gasteiger partial charge is 0.220 e. The molecule has 0 bridgehead atoms. The SMILES string of the molecule is C=C[C@@H]1CCC(=O)N[C@@H]1CCCBr. The van der Waals surface area contributed by atoms with Crippen molar-refractivity contribution >= 4 is 21.8 Å². The lowest BCUT2D eigenvalue weighted by Crippen LogP contribution is -2.44. The van der Waals surface area contributed by atoms with Crippen LogP contribution in [0, 0.1) is 5.92 Å². The Labute approximate surface area is 87.9 Å². The van der Waals surface area contributed by atoms with E-state index in [0.29, 0.717) is 18.4 Å². The first-order valence-corrected chi connectivity index (χ1v) is 5.88. The van der Waals surface area contributed by atoms with Crippen LogP contribution < -0.4 is 5.32 Å². The Morgan fingerprint density at radius 3 is 3.08 bits per heavy atom. The zero-order valence-electron chi connectivity index (χ0n) is 7.76. The minimum Gasteiger partial charge on any atom is -0.353 e. The van der Waals surface area contributed by atoms with E-state index in [-0.39, 0.29) is 5.91 Å². The second kappa shape index (κ2) is 5.43. The molecule has 0 aromatic heterocycles. The van der Waals surface area contributed by atoms with E-state index < -0.39 is 0 Å². The molecule has 1 amide bonds. The van der Waals surface area contributed by atoms with Crippen LogP contribution in [0.2, 0.25) is 0 Å². The second-order valence-corrected chi connectivity index (χ2v) is 4.24. The van der Waals surface area contributed by atoms with Crippen molar-refractivity contribution in [1.82, 2.24) is 5.32 Å². The summed E-state index contributed by atoms with van der Waals surface area (Å²) in [5, 5.41) is 4.02. The summed E-state index contributed by atoms with van der Waals surface area (Å²) in [5.41, 5.74) is 0. The number of alkyl halides is 1. The first kappa shape index (κ1) is 10.8. The van der Waals surface area contributed by atoms with Gasteiger partial charge in [0.1, 0.15) is 0 Å². The molecule has 0 spiro atoms. The van der Waals surface area contributed by atoms with Crippen molar-refractivity contribution in [1.29, 1.82) is 0 Å². The van der Waals surface area contributed by atoms with Gasteiger partial charge in [-0.1, -0.05) is 22.0 Å². The maximum atomic E-state index is 11.1. The fourth-order valence-electron chi connectivity index (χ4n) is 1.75. The van der Waals surface area contributed by atoms with E-state index in [0.717, 1.165) is 24.6 Å². The summed E-state index contributed by atoms with van der Waals surface area (Å²) >= 11 is 3.39. The number of piperidine rings is 1. The topological polar surface area (TPSA) is 29.1 Å². The Morgan fingerprint density at radius 2 is 2.46 bits per heavy atom. The zero-order valence-corrected chi connectivity index (χ0v) is 9.35. The molecule has 2 nitrogen and oxygen atoms in total. The van der Waals surface area contributed by atoms with Gasteiger partial charge in [-0.2, -0.15) is 0 Å².